The molecule has 1 amide bonds. The first kappa shape index (κ1) is 10.4. The summed E-state index contributed by atoms with van der Waals surface area (Å²) in [4.78, 5) is 10.5. The van der Waals surface area contributed by atoms with Crippen LogP contribution in [0, 0.1) is 5.92 Å². The number of nitrogens with one attached hydrogen (secondary N) is 1. The number of carbonyl (C=O) groups is 1. The summed E-state index contributed by atoms with van der Waals surface area (Å²) in [5, 5.41) is 11.3. The van der Waals surface area contributed by atoms with E-state index in [0.717, 1.165) is 6.42 Å². The summed E-state index contributed by atoms with van der Waals surface area (Å²) in [7, 11) is 0. The Morgan fingerprint density at radius 1 is 1.54 bits per heavy atom. The molecule has 0 radical (unpaired) electrons. The molecule has 0 bridgehead atoms. The lowest BCUT2D eigenvalue weighted by Crippen LogP contribution is -2.33. The SMILES string of the molecule is O=C(NCC1CCC(O)C1)C(F)F. The van der Waals surface area contributed by atoms with Crippen molar-refractivity contribution in [2.45, 2.75) is 31.8 Å². The predicted octanol–water partition coefficient (Wildman–Crippen LogP) is 0.529. The van der Waals surface area contributed by atoms with Gasteiger partial charge in [0.05, 0.1) is 6.10 Å². The highest BCUT2D eigenvalue weighted by Gasteiger charge is 2.24. The van der Waals surface area contributed by atoms with Crippen LogP contribution in [0.2, 0.25) is 0 Å². The Kier molecular flexibility index (Phi) is 3.59. The van der Waals surface area contributed by atoms with Crippen molar-refractivity contribution >= 4 is 5.91 Å². The fourth-order valence-corrected chi connectivity index (χ4v) is 1.56. The molecule has 13 heavy (non-hydrogen) atoms. The van der Waals surface area contributed by atoms with Crippen molar-refractivity contribution in [1.82, 2.24) is 5.32 Å². The Morgan fingerprint density at radius 3 is 2.69 bits per heavy atom. The van der Waals surface area contributed by atoms with Gasteiger partial charge in [-0.15, -0.1) is 0 Å². The fourth-order valence-electron chi connectivity index (χ4n) is 1.56. The highest BCUT2D eigenvalue weighted by molar-refractivity contribution is 5.78. The van der Waals surface area contributed by atoms with Crippen LogP contribution in [-0.4, -0.2) is 30.1 Å². The molecule has 5 heteroatoms. The van der Waals surface area contributed by atoms with E-state index in [4.69, 9.17) is 5.11 Å². The van der Waals surface area contributed by atoms with Crippen LogP contribution < -0.4 is 5.32 Å². The van der Waals surface area contributed by atoms with Gasteiger partial charge >= 0.3 is 6.43 Å². The molecule has 0 aromatic carbocycles. The van der Waals surface area contributed by atoms with E-state index in [0.29, 0.717) is 12.8 Å². The smallest absolute Gasteiger partial charge is 0.315 e. The first-order valence-corrected chi connectivity index (χ1v) is 4.33. The highest BCUT2D eigenvalue weighted by atomic mass is 19.3. The zero-order chi connectivity index (χ0) is 9.84. The number of carbonyl (C=O) groups excluding carboxylic acids is 1. The summed E-state index contributed by atoms with van der Waals surface area (Å²) < 4.78 is 23.4. The van der Waals surface area contributed by atoms with E-state index in [-0.39, 0.29) is 18.6 Å². The molecule has 1 fully saturated rings. The standard InChI is InChI=1S/C8H13F2NO2/c9-7(10)8(13)11-4-5-1-2-6(12)3-5/h5-7,12H,1-4H2,(H,11,13). The Balaban J connectivity index is 2.16. The molecule has 1 saturated carbocycles. The van der Waals surface area contributed by atoms with Crippen LogP contribution in [0.5, 0.6) is 0 Å². The lowest BCUT2D eigenvalue weighted by molar-refractivity contribution is -0.131. The van der Waals surface area contributed by atoms with Crippen LogP contribution in [-0.2, 0) is 4.79 Å². The van der Waals surface area contributed by atoms with Crippen LogP contribution in [0.25, 0.3) is 0 Å². The molecule has 0 spiro atoms. The van der Waals surface area contributed by atoms with E-state index >= 15 is 0 Å². The molecule has 2 N–H and O–H groups in total. The number of amides is 1. The molecule has 76 valence electrons. The number of alkyl halides is 2. The molecule has 2 unspecified atom stereocenters. The van der Waals surface area contributed by atoms with Gasteiger partial charge in [-0.3, -0.25) is 4.79 Å². The fraction of sp³-hybridized carbons (Fsp3) is 0.875. The third kappa shape index (κ3) is 3.26. The molecule has 0 heterocycles. The van der Waals surface area contributed by atoms with Crippen LogP contribution in [0.1, 0.15) is 19.3 Å². The summed E-state index contributed by atoms with van der Waals surface area (Å²) in [5.41, 5.74) is 0. The first-order chi connectivity index (χ1) is 6.09. The van der Waals surface area contributed by atoms with E-state index in [1.54, 1.807) is 0 Å². The largest absolute Gasteiger partial charge is 0.393 e. The highest BCUT2D eigenvalue weighted by Crippen LogP contribution is 2.24. The van der Waals surface area contributed by atoms with E-state index < -0.39 is 12.3 Å². The van der Waals surface area contributed by atoms with Gasteiger partial charge in [-0.05, 0) is 25.2 Å². The van der Waals surface area contributed by atoms with Crippen molar-refractivity contribution in [2.24, 2.45) is 5.92 Å². The number of hydrogen-bond donors (Lipinski definition) is 2. The van der Waals surface area contributed by atoms with Gasteiger partial charge in [-0.2, -0.15) is 8.78 Å². The average Bonchev–Trinajstić information content (AvgIpc) is 2.47. The normalized spacial score (nSPS) is 28.0. The number of aliphatic hydroxyl groups is 1. The molecule has 1 rings (SSSR count). The molecular formula is C8H13F2NO2. The first-order valence-electron chi connectivity index (χ1n) is 4.33. The summed E-state index contributed by atoms with van der Waals surface area (Å²) >= 11 is 0. The zero-order valence-corrected chi connectivity index (χ0v) is 7.17. The van der Waals surface area contributed by atoms with Gasteiger partial charge in [-0.25, -0.2) is 0 Å². The molecular weight excluding hydrogens is 180 g/mol. The van der Waals surface area contributed by atoms with E-state index in [9.17, 15) is 13.6 Å². The second-order valence-electron chi connectivity index (χ2n) is 3.38. The minimum absolute atomic E-state index is 0.151. The molecule has 0 saturated heterocycles. The van der Waals surface area contributed by atoms with Gasteiger partial charge < -0.3 is 10.4 Å². The lowest BCUT2D eigenvalue weighted by Gasteiger charge is -2.09. The molecule has 0 aromatic heterocycles. The summed E-state index contributed by atoms with van der Waals surface area (Å²) in [5.74, 6) is -1.07. The second-order valence-corrected chi connectivity index (χ2v) is 3.38. The van der Waals surface area contributed by atoms with Gasteiger partial charge in [0.2, 0.25) is 0 Å². The Morgan fingerprint density at radius 2 is 2.23 bits per heavy atom. The Hall–Kier alpha value is -0.710. The maximum absolute atomic E-state index is 11.7. The Labute approximate surface area is 75.1 Å². The van der Waals surface area contributed by atoms with Gasteiger partial charge in [-0.1, -0.05) is 0 Å². The van der Waals surface area contributed by atoms with Gasteiger partial charge in [0.15, 0.2) is 0 Å². The summed E-state index contributed by atoms with van der Waals surface area (Å²) in [6, 6.07) is 0. The van der Waals surface area contributed by atoms with Crippen molar-refractivity contribution in [3.63, 3.8) is 0 Å². The topological polar surface area (TPSA) is 49.3 Å². The third-order valence-corrected chi connectivity index (χ3v) is 2.28. The number of rotatable bonds is 3. The van der Waals surface area contributed by atoms with Crippen LogP contribution in [0.4, 0.5) is 8.78 Å². The zero-order valence-electron chi connectivity index (χ0n) is 7.17. The van der Waals surface area contributed by atoms with Gasteiger partial charge in [0, 0.05) is 6.54 Å². The monoisotopic (exact) mass is 193 g/mol. The van der Waals surface area contributed by atoms with Crippen molar-refractivity contribution < 1.29 is 18.7 Å². The summed E-state index contributed by atoms with van der Waals surface area (Å²) in [6.07, 6.45) is -1.16. The number of aliphatic hydroxyl groups excluding tert-OH is 1. The van der Waals surface area contributed by atoms with Crippen LogP contribution in [0.3, 0.4) is 0 Å². The maximum atomic E-state index is 11.7. The average molecular weight is 193 g/mol. The van der Waals surface area contributed by atoms with Gasteiger partial charge in [0.1, 0.15) is 0 Å². The van der Waals surface area contributed by atoms with Gasteiger partial charge in [0.25, 0.3) is 5.91 Å². The predicted molar refractivity (Wildman–Crippen MR) is 42.4 cm³/mol. The molecule has 0 aromatic rings. The molecule has 1 aliphatic rings. The van der Waals surface area contributed by atoms with Crippen LogP contribution >= 0.6 is 0 Å². The molecule has 0 aliphatic heterocycles. The van der Waals surface area contributed by atoms with E-state index in [1.807, 2.05) is 0 Å². The summed E-state index contributed by atoms with van der Waals surface area (Å²) in [6.45, 7) is 0.250. The molecule has 2 atom stereocenters. The quantitative estimate of drug-likeness (QED) is 0.686. The van der Waals surface area contributed by atoms with Crippen molar-refractivity contribution in [1.29, 1.82) is 0 Å². The number of halogens is 2. The van der Waals surface area contributed by atoms with Crippen molar-refractivity contribution in [3.8, 4) is 0 Å². The maximum Gasteiger partial charge on any atom is 0.315 e. The Bertz CT molecular complexity index is 187. The van der Waals surface area contributed by atoms with Crippen LogP contribution in [0.15, 0.2) is 0 Å². The third-order valence-electron chi connectivity index (χ3n) is 2.28. The van der Waals surface area contributed by atoms with E-state index in [1.165, 1.54) is 0 Å². The minimum Gasteiger partial charge on any atom is -0.393 e. The van der Waals surface area contributed by atoms with Crippen molar-refractivity contribution in [3.05, 3.63) is 0 Å². The molecule has 1 aliphatic carbocycles. The molecule has 3 nitrogen and oxygen atoms in total. The van der Waals surface area contributed by atoms with Crippen molar-refractivity contribution in [2.75, 3.05) is 6.54 Å². The van der Waals surface area contributed by atoms with E-state index in [2.05, 4.69) is 5.32 Å². The lowest BCUT2D eigenvalue weighted by atomic mass is 10.1. The number of hydrogen-bond acceptors (Lipinski definition) is 2. The second kappa shape index (κ2) is 4.50. The minimum atomic E-state index is -2.94.